The number of amides is 1. The Morgan fingerprint density at radius 2 is 2.00 bits per heavy atom. The zero-order chi connectivity index (χ0) is 22.2. The Morgan fingerprint density at radius 3 is 2.61 bits per heavy atom. The number of hydrogen-bond donors (Lipinski definition) is 2. The summed E-state index contributed by atoms with van der Waals surface area (Å²) in [7, 11) is 3.16. The van der Waals surface area contributed by atoms with Crippen molar-refractivity contribution < 1.29 is 24.1 Å². The van der Waals surface area contributed by atoms with Crippen LogP contribution in [0.2, 0.25) is 0 Å². The van der Waals surface area contributed by atoms with Gasteiger partial charge in [0.15, 0.2) is 5.96 Å². The summed E-state index contributed by atoms with van der Waals surface area (Å²) in [5.74, 6) is 2.07. The van der Waals surface area contributed by atoms with Crippen LogP contribution in [0.3, 0.4) is 0 Å². The fourth-order valence-electron chi connectivity index (χ4n) is 3.91. The van der Waals surface area contributed by atoms with Crippen molar-refractivity contribution in [2.24, 2.45) is 4.99 Å². The highest BCUT2D eigenvalue weighted by Gasteiger charge is 2.31. The van der Waals surface area contributed by atoms with Crippen molar-refractivity contribution in [2.45, 2.75) is 32.0 Å². The van der Waals surface area contributed by atoms with Crippen molar-refractivity contribution in [2.75, 3.05) is 60.1 Å². The summed E-state index contributed by atoms with van der Waals surface area (Å²) in [5, 5.41) is 14.0. The number of ether oxygens (including phenoxy) is 3. The predicted octanol–water partition coefficient (Wildman–Crippen LogP) is 1.03. The standard InChI is InChI=1S/C22H34N4O5/c1-4-23-22(24-15-18(27)17-14-16(29-2)7-8-19(17)30-3)26-11-9-25(10-12-26)21(28)20-6-5-13-31-20/h7-8,14,18,20,27H,4-6,9-13,15H2,1-3H3,(H,23,24). The minimum atomic E-state index is -0.832. The summed E-state index contributed by atoms with van der Waals surface area (Å²) in [6.07, 6.45) is 0.658. The fraction of sp³-hybridized carbons (Fsp3) is 0.636. The number of methoxy groups -OCH3 is 2. The Morgan fingerprint density at radius 1 is 1.26 bits per heavy atom. The number of carbonyl (C=O) groups excluding carboxylic acids is 1. The molecule has 1 amide bonds. The molecular weight excluding hydrogens is 400 g/mol. The molecule has 2 unspecified atom stereocenters. The topological polar surface area (TPSA) is 95.9 Å². The predicted molar refractivity (Wildman–Crippen MR) is 118 cm³/mol. The van der Waals surface area contributed by atoms with Crippen LogP contribution in [0.4, 0.5) is 0 Å². The average Bonchev–Trinajstić information content (AvgIpc) is 3.35. The van der Waals surface area contributed by atoms with Crippen molar-refractivity contribution in [1.29, 1.82) is 0 Å². The Kier molecular flexibility index (Phi) is 8.36. The molecule has 172 valence electrons. The van der Waals surface area contributed by atoms with Gasteiger partial charge in [0, 0.05) is 44.9 Å². The molecule has 0 aliphatic carbocycles. The van der Waals surface area contributed by atoms with E-state index in [-0.39, 0.29) is 18.6 Å². The first kappa shape index (κ1) is 23.1. The van der Waals surface area contributed by atoms with Gasteiger partial charge in [0.2, 0.25) is 0 Å². The molecule has 0 saturated carbocycles. The Hall–Kier alpha value is -2.52. The zero-order valence-electron chi connectivity index (χ0n) is 18.7. The Balaban J connectivity index is 1.62. The van der Waals surface area contributed by atoms with Gasteiger partial charge < -0.3 is 34.4 Å². The van der Waals surface area contributed by atoms with Crippen LogP contribution in [0, 0.1) is 0 Å². The van der Waals surface area contributed by atoms with E-state index in [9.17, 15) is 9.90 Å². The molecule has 0 radical (unpaired) electrons. The first-order valence-corrected chi connectivity index (χ1v) is 10.9. The van der Waals surface area contributed by atoms with Crippen LogP contribution >= 0.6 is 0 Å². The van der Waals surface area contributed by atoms with Crippen LogP contribution in [0.25, 0.3) is 0 Å². The molecule has 2 aliphatic rings. The van der Waals surface area contributed by atoms with Gasteiger partial charge in [-0.05, 0) is 38.0 Å². The lowest BCUT2D eigenvalue weighted by atomic mass is 10.1. The molecule has 31 heavy (non-hydrogen) atoms. The smallest absolute Gasteiger partial charge is 0.251 e. The monoisotopic (exact) mass is 434 g/mol. The SMILES string of the molecule is CCNC(=NCC(O)c1cc(OC)ccc1OC)N1CCN(C(=O)C2CCCO2)CC1. The number of hydrogen-bond acceptors (Lipinski definition) is 6. The van der Waals surface area contributed by atoms with E-state index < -0.39 is 6.10 Å². The molecule has 2 N–H and O–H groups in total. The highest BCUT2D eigenvalue weighted by molar-refractivity contribution is 5.83. The molecule has 2 fully saturated rings. The number of benzene rings is 1. The summed E-state index contributed by atoms with van der Waals surface area (Å²) >= 11 is 0. The zero-order valence-corrected chi connectivity index (χ0v) is 18.7. The van der Waals surface area contributed by atoms with Gasteiger partial charge in [-0.3, -0.25) is 9.79 Å². The van der Waals surface area contributed by atoms with Gasteiger partial charge in [-0.25, -0.2) is 0 Å². The van der Waals surface area contributed by atoms with Crippen molar-refractivity contribution in [1.82, 2.24) is 15.1 Å². The maximum atomic E-state index is 12.6. The fourth-order valence-corrected chi connectivity index (χ4v) is 3.91. The molecule has 9 heteroatoms. The number of aliphatic hydroxyl groups excluding tert-OH is 1. The van der Waals surface area contributed by atoms with Crippen LogP contribution in [-0.2, 0) is 9.53 Å². The molecule has 3 rings (SSSR count). The second-order valence-electron chi connectivity index (χ2n) is 7.63. The number of piperazine rings is 1. The largest absolute Gasteiger partial charge is 0.497 e. The lowest BCUT2D eigenvalue weighted by molar-refractivity contribution is -0.142. The normalized spacial score (nSPS) is 20.5. The van der Waals surface area contributed by atoms with Crippen LogP contribution in [0.1, 0.15) is 31.4 Å². The van der Waals surface area contributed by atoms with Gasteiger partial charge in [0.25, 0.3) is 5.91 Å². The number of aliphatic hydroxyl groups is 1. The summed E-state index contributed by atoms with van der Waals surface area (Å²) in [6, 6.07) is 5.33. The second-order valence-corrected chi connectivity index (χ2v) is 7.63. The Bertz CT molecular complexity index is 758. The van der Waals surface area contributed by atoms with Gasteiger partial charge in [-0.1, -0.05) is 0 Å². The van der Waals surface area contributed by atoms with Gasteiger partial charge in [-0.15, -0.1) is 0 Å². The molecule has 2 atom stereocenters. The quantitative estimate of drug-likeness (QED) is 0.489. The lowest BCUT2D eigenvalue weighted by Gasteiger charge is -2.37. The van der Waals surface area contributed by atoms with Crippen LogP contribution in [-0.4, -0.2) is 93.0 Å². The summed E-state index contributed by atoms with van der Waals surface area (Å²) in [5.41, 5.74) is 0.633. The average molecular weight is 435 g/mol. The van der Waals surface area contributed by atoms with E-state index in [1.807, 2.05) is 11.8 Å². The van der Waals surface area contributed by atoms with Crippen LogP contribution in [0.5, 0.6) is 11.5 Å². The molecular formula is C22H34N4O5. The lowest BCUT2D eigenvalue weighted by Crippen LogP contribution is -2.55. The van der Waals surface area contributed by atoms with Crippen molar-refractivity contribution in [3.8, 4) is 11.5 Å². The highest BCUT2D eigenvalue weighted by atomic mass is 16.5. The van der Waals surface area contributed by atoms with E-state index in [2.05, 4.69) is 15.2 Å². The molecule has 1 aromatic rings. The third-order valence-corrected chi connectivity index (χ3v) is 5.64. The molecule has 1 aromatic carbocycles. The highest BCUT2D eigenvalue weighted by Crippen LogP contribution is 2.29. The molecule has 0 spiro atoms. The van der Waals surface area contributed by atoms with E-state index in [1.165, 1.54) is 0 Å². The number of nitrogens with zero attached hydrogens (tertiary/aromatic N) is 3. The van der Waals surface area contributed by atoms with Crippen LogP contribution in [0.15, 0.2) is 23.2 Å². The van der Waals surface area contributed by atoms with E-state index >= 15 is 0 Å². The molecule has 0 aromatic heterocycles. The van der Waals surface area contributed by atoms with Gasteiger partial charge in [0.1, 0.15) is 23.7 Å². The van der Waals surface area contributed by atoms with Crippen molar-refractivity contribution >= 4 is 11.9 Å². The van der Waals surface area contributed by atoms with E-state index in [4.69, 9.17) is 14.2 Å². The van der Waals surface area contributed by atoms with Gasteiger partial charge >= 0.3 is 0 Å². The third-order valence-electron chi connectivity index (χ3n) is 5.64. The molecule has 2 saturated heterocycles. The molecule has 0 bridgehead atoms. The maximum absolute atomic E-state index is 12.6. The number of aliphatic imine (C=N–C) groups is 1. The maximum Gasteiger partial charge on any atom is 0.251 e. The number of guanidine groups is 1. The third kappa shape index (κ3) is 5.80. The van der Waals surface area contributed by atoms with Crippen molar-refractivity contribution in [3.05, 3.63) is 23.8 Å². The summed E-state index contributed by atoms with van der Waals surface area (Å²) < 4.78 is 16.2. The van der Waals surface area contributed by atoms with Crippen LogP contribution < -0.4 is 14.8 Å². The second kappa shape index (κ2) is 11.2. The van der Waals surface area contributed by atoms with Crippen molar-refractivity contribution in [3.63, 3.8) is 0 Å². The number of rotatable bonds is 7. The van der Waals surface area contributed by atoms with E-state index in [0.717, 1.165) is 18.8 Å². The molecule has 2 heterocycles. The first-order valence-electron chi connectivity index (χ1n) is 10.9. The van der Waals surface area contributed by atoms with E-state index in [0.29, 0.717) is 56.4 Å². The number of carbonyl (C=O) groups is 1. The molecule has 9 nitrogen and oxygen atoms in total. The minimum Gasteiger partial charge on any atom is -0.497 e. The minimum absolute atomic E-state index is 0.0969. The van der Waals surface area contributed by atoms with Gasteiger partial charge in [-0.2, -0.15) is 0 Å². The summed E-state index contributed by atoms with van der Waals surface area (Å²) in [4.78, 5) is 21.2. The van der Waals surface area contributed by atoms with E-state index in [1.54, 1.807) is 32.4 Å². The Labute approximate surface area is 184 Å². The summed E-state index contributed by atoms with van der Waals surface area (Å²) in [6.45, 7) is 6.21. The van der Waals surface area contributed by atoms with Gasteiger partial charge in [0.05, 0.1) is 20.8 Å². The number of nitrogens with one attached hydrogen (secondary N) is 1. The molecule has 2 aliphatic heterocycles. The first-order chi connectivity index (χ1) is 15.1.